The van der Waals surface area contributed by atoms with Crippen LogP contribution in [0.1, 0.15) is 43.4 Å². The van der Waals surface area contributed by atoms with Crippen LogP contribution < -0.4 is 5.73 Å². The van der Waals surface area contributed by atoms with E-state index < -0.39 is 0 Å². The van der Waals surface area contributed by atoms with Crippen molar-refractivity contribution in [2.45, 2.75) is 45.1 Å². The van der Waals surface area contributed by atoms with Crippen LogP contribution in [-0.2, 0) is 20.0 Å². The molecule has 0 atom stereocenters. The van der Waals surface area contributed by atoms with Gasteiger partial charge in [-0.1, -0.05) is 32.1 Å². The van der Waals surface area contributed by atoms with Crippen molar-refractivity contribution < 1.29 is 0 Å². The van der Waals surface area contributed by atoms with Crippen molar-refractivity contribution in [2.24, 2.45) is 18.7 Å². The van der Waals surface area contributed by atoms with Gasteiger partial charge >= 0.3 is 0 Å². The first-order chi connectivity index (χ1) is 7.31. The van der Waals surface area contributed by atoms with E-state index in [1.54, 1.807) is 0 Å². The van der Waals surface area contributed by atoms with Gasteiger partial charge in [-0.2, -0.15) is 5.10 Å². The van der Waals surface area contributed by atoms with Gasteiger partial charge in [0.1, 0.15) is 0 Å². The van der Waals surface area contributed by atoms with Gasteiger partial charge in [0.25, 0.3) is 0 Å². The Bertz CT molecular complexity index is 311. The molecule has 0 amide bonds. The average molecular weight is 207 g/mol. The number of nitrogens with zero attached hydrogens (tertiary/aromatic N) is 2. The van der Waals surface area contributed by atoms with Gasteiger partial charge in [-0.05, 0) is 12.3 Å². The van der Waals surface area contributed by atoms with Gasteiger partial charge in [-0.15, -0.1) is 0 Å². The van der Waals surface area contributed by atoms with Gasteiger partial charge in [0.2, 0.25) is 0 Å². The SMILES string of the molecule is Cn1ncc(CN)c1CC1CCCCC1. The number of rotatable bonds is 3. The lowest BCUT2D eigenvalue weighted by atomic mass is 9.85. The van der Waals surface area contributed by atoms with Crippen LogP contribution in [0, 0.1) is 5.92 Å². The predicted octanol–water partition coefficient (Wildman–Crippen LogP) is 2.00. The minimum absolute atomic E-state index is 0.621. The fraction of sp³-hybridized carbons (Fsp3) is 0.750. The molecule has 1 aliphatic carbocycles. The fourth-order valence-corrected chi connectivity index (χ4v) is 2.61. The monoisotopic (exact) mass is 207 g/mol. The second-order valence-corrected chi connectivity index (χ2v) is 4.65. The minimum atomic E-state index is 0.621. The summed E-state index contributed by atoms with van der Waals surface area (Å²) in [6, 6.07) is 0. The van der Waals surface area contributed by atoms with Gasteiger partial charge < -0.3 is 5.73 Å². The molecule has 1 aromatic rings. The van der Waals surface area contributed by atoms with Crippen LogP contribution in [0.5, 0.6) is 0 Å². The second kappa shape index (κ2) is 4.79. The van der Waals surface area contributed by atoms with Crippen LogP contribution in [0.25, 0.3) is 0 Å². The van der Waals surface area contributed by atoms with Crippen molar-refractivity contribution in [2.75, 3.05) is 0 Å². The van der Waals surface area contributed by atoms with Gasteiger partial charge in [0.05, 0.1) is 6.20 Å². The molecule has 1 aliphatic rings. The first-order valence-corrected chi connectivity index (χ1v) is 6.01. The quantitative estimate of drug-likeness (QED) is 0.824. The fourth-order valence-electron chi connectivity index (χ4n) is 2.61. The molecule has 84 valence electrons. The third kappa shape index (κ3) is 2.40. The molecule has 1 saturated carbocycles. The standard InChI is InChI=1S/C12H21N3/c1-15-12(11(8-13)9-14-15)7-10-5-3-2-4-6-10/h9-10H,2-8,13H2,1H3. The smallest absolute Gasteiger partial charge is 0.0537 e. The van der Waals surface area contributed by atoms with E-state index in [0.29, 0.717) is 6.54 Å². The minimum Gasteiger partial charge on any atom is -0.326 e. The molecule has 1 heterocycles. The van der Waals surface area contributed by atoms with E-state index in [-0.39, 0.29) is 0 Å². The predicted molar refractivity (Wildman–Crippen MR) is 61.4 cm³/mol. The van der Waals surface area contributed by atoms with E-state index in [4.69, 9.17) is 5.73 Å². The first-order valence-electron chi connectivity index (χ1n) is 6.01. The van der Waals surface area contributed by atoms with E-state index in [1.165, 1.54) is 49.8 Å². The Hall–Kier alpha value is -0.830. The zero-order valence-electron chi connectivity index (χ0n) is 9.58. The zero-order chi connectivity index (χ0) is 10.7. The Kier molecular flexibility index (Phi) is 3.41. The van der Waals surface area contributed by atoms with Gasteiger partial charge in [0, 0.05) is 24.8 Å². The summed E-state index contributed by atoms with van der Waals surface area (Å²) in [6.45, 7) is 0.621. The van der Waals surface area contributed by atoms with E-state index in [0.717, 1.165) is 5.92 Å². The molecule has 3 nitrogen and oxygen atoms in total. The molecule has 0 radical (unpaired) electrons. The van der Waals surface area contributed by atoms with Crippen LogP contribution >= 0.6 is 0 Å². The molecular weight excluding hydrogens is 186 g/mol. The number of nitrogens with two attached hydrogens (primary N) is 1. The lowest BCUT2D eigenvalue weighted by Gasteiger charge is -2.21. The summed E-state index contributed by atoms with van der Waals surface area (Å²) in [4.78, 5) is 0. The van der Waals surface area contributed by atoms with Crippen LogP contribution in [0.15, 0.2) is 6.20 Å². The summed E-state index contributed by atoms with van der Waals surface area (Å²) in [5, 5.41) is 4.29. The number of hydrogen-bond acceptors (Lipinski definition) is 2. The molecule has 0 bridgehead atoms. The molecule has 1 fully saturated rings. The zero-order valence-corrected chi connectivity index (χ0v) is 9.58. The van der Waals surface area contributed by atoms with Crippen molar-refractivity contribution in [1.29, 1.82) is 0 Å². The molecule has 0 unspecified atom stereocenters. The van der Waals surface area contributed by atoms with E-state index in [2.05, 4.69) is 5.10 Å². The molecule has 15 heavy (non-hydrogen) atoms. The molecular formula is C12H21N3. The first kappa shape index (κ1) is 10.7. The van der Waals surface area contributed by atoms with E-state index in [1.807, 2.05) is 17.9 Å². The second-order valence-electron chi connectivity index (χ2n) is 4.65. The summed E-state index contributed by atoms with van der Waals surface area (Å²) >= 11 is 0. The summed E-state index contributed by atoms with van der Waals surface area (Å²) in [7, 11) is 2.03. The maximum Gasteiger partial charge on any atom is 0.0537 e. The van der Waals surface area contributed by atoms with Crippen molar-refractivity contribution >= 4 is 0 Å². The molecule has 0 aromatic carbocycles. The Morgan fingerprint density at radius 1 is 1.40 bits per heavy atom. The van der Waals surface area contributed by atoms with Crippen LogP contribution in [0.2, 0.25) is 0 Å². The Morgan fingerprint density at radius 3 is 2.80 bits per heavy atom. The maximum absolute atomic E-state index is 5.72. The highest BCUT2D eigenvalue weighted by Gasteiger charge is 2.17. The maximum atomic E-state index is 5.72. The Morgan fingerprint density at radius 2 is 2.13 bits per heavy atom. The van der Waals surface area contributed by atoms with Crippen LogP contribution in [0.4, 0.5) is 0 Å². The third-order valence-corrected chi connectivity index (χ3v) is 3.57. The lowest BCUT2D eigenvalue weighted by Crippen LogP contribution is -2.14. The van der Waals surface area contributed by atoms with Crippen molar-refractivity contribution in [3.05, 3.63) is 17.5 Å². The van der Waals surface area contributed by atoms with Gasteiger partial charge in [-0.3, -0.25) is 4.68 Å². The summed E-state index contributed by atoms with van der Waals surface area (Å²) < 4.78 is 2.00. The normalized spacial score (nSPS) is 18.3. The summed E-state index contributed by atoms with van der Waals surface area (Å²) in [5.74, 6) is 0.861. The van der Waals surface area contributed by atoms with Crippen molar-refractivity contribution in [3.8, 4) is 0 Å². The van der Waals surface area contributed by atoms with Crippen LogP contribution in [0.3, 0.4) is 0 Å². The summed E-state index contributed by atoms with van der Waals surface area (Å²) in [6.07, 6.45) is 10.1. The molecule has 2 rings (SSSR count). The highest BCUT2D eigenvalue weighted by Crippen LogP contribution is 2.27. The highest BCUT2D eigenvalue weighted by molar-refractivity contribution is 5.17. The molecule has 0 spiro atoms. The Balaban J connectivity index is 2.04. The van der Waals surface area contributed by atoms with Crippen molar-refractivity contribution in [1.82, 2.24) is 9.78 Å². The van der Waals surface area contributed by atoms with E-state index >= 15 is 0 Å². The molecule has 2 N–H and O–H groups in total. The number of aromatic nitrogens is 2. The van der Waals surface area contributed by atoms with Gasteiger partial charge in [0.15, 0.2) is 0 Å². The topological polar surface area (TPSA) is 43.8 Å². The molecule has 0 saturated heterocycles. The largest absolute Gasteiger partial charge is 0.326 e. The lowest BCUT2D eigenvalue weighted by molar-refractivity contribution is 0.350. The highest BCUT2D eigenvalue weighted by atomic mass is 15.3. The molecule has 0 aliphatic heterocycles. The number of hydrogen-bond donors (Lipinski definition) is 1. The van der Waals surface area contributed by atoms with Gasteiger partial charge in [-0.25, -0.2) is 0 Å². The van der Waals surface area contributed by atoms with Crippen LogP contribution in [-0.4, -0.2) is 9.78 Å². The van der Waals surface area contributed by atoms with E-state index in [9.17, 15) is 0 Å². The van der Waals surface area contributed by atoms with Crippen molar-refractivity contribution in [3.63, 3.8) is 0 Å². The molecule has 1 aromatic heterocycles. The third-order valence-electron chi connectivity index (χ3n) is 3.57. The average Bonchev–Trinajstić information content (AvgIpc) is 2.62. The molecule has 3 heteroatoms. The number of aryl methyl sites for hydroxylation is 1. The Labute approximate surface area is 91.7 Å². The summed E-state index contributed by atoms with van der Waals surface area (Å²) in [5.41, 5.74) is 8.29.